The number of aliphatic carboxylic acids is 1. The van der Waals surface area contributed by atoms with Gasteiger partial charge < -0.3 is 37.4 Å². The summed E-state index contributed by atoms with van der Waals surface area (Å²) in [6.07, 6.45) is 5.60. The van der Waals surface area contributed by atoms with E-state index in [4.69, 9.17) is 11.5 Å². The Morgan fingerprint density at radius 3 is 2.53 bits per heavy atom. The quantitative estimate of drug-likeness (QED) is 0.100. The number of carbonyl (C=O) groups is 4. The number of nitrogens with two attached hydrogens (primary N) is 2. The highest BCUT2D eigenvalue weighted by Gasteiger charge is 2.39. The summed E-state index contributed by atoms with van der Waals surface area (Å²) < 4.78 is 0. The van der Waals surface area contributed by atoms with Crippen molar-refractivity contribution in [2.75, 3.05) is 31.6 Å². The molecular weight excluding hydrogens is 462 g/mol. The molecule has 2 rings (SSSR count). The summed E-state index contributed by atoms with van der Waals surface area (Å²) in [5, 5.41) is 17.9. The zero-order valence-corrected chi connectivity index (χ0v) is 20.4. The number of guanidine groups is 1. The van der Waals surface area contributed by atoms with Crippen LogP contribution in [0.4, 0.5) is 0 Å². The molecular formula is C21H37N7O5S. The number of amides is 3. The Hall–Kier alpha value is -2.54. The molecule has 34 heavy (non-hydrogen) atoms. The average molecular weight is 500 g/mol. The maximum absolute atomic E-state index is 13.1. The van der Waals surface area contributed by atoms with Crippen molar-refractivity contribution in [2.24, 2.45) is 16.5 Å². The molecule has 0 aromatic carbocycles. The minimum absolute atomic E-state index is 0.0753. The van der Waals surface area contributed by atoms with E-state index in [-0.39, 0.29) is 37.3 Å². The first-order valence-corrected chi connectivity index (χ1v) is 13.1. The molecule has 2 aliphatic heterocycles. The third kappa shape index (κ3) is 8.35. The van der Waals surface area contributed by atoms with Crippen molar-refractivity contribution in [3.8, 4) is 0 Å². The molecule has 4 unspecified atom stereocenters. The van der Waals surface area contributed by atoms with Crippen molar-refractivity contribution in [1.82, 2.24) is 20.9 Å². The van der Waals surface area contributed by atoms with Gasteiger partial charge in [0.1, 0.15) is 18.1 Å². The van der Waals surface area contributed by atoms with E-state index in [1.54, 1.807) is 4.90 Å². The SMILES string of the molecule is CSCCC(NC(=O)C(CCCN=C(N)N)NC(=O)C1CCCN1C(=O)C1CCCN1)C(=O)O. The van der Waals surface area contributed by atoms with Gasteiger partial charge in [0.15, 0.2) is 5.96 Å². The average Bonchev–Trinajstić information content (AvgIpc) is 3.50. The lowest BCUT2D eigenvalue weighted by Gasteiger charge is -2.28. The predicted molar refractivity (Wildman–Crippen MR) is 130 cm³/mol. The van der Waals surface area contributed by atoms with Crippen molar-refractivity contribution in [3.63, 3.8) is 0 Å². The summed E-state index contributed by atoms with van der Waals surface area (Å²) in [5.74, 6) is -1.74. The maximum atomic E-state index is 13.1. The molecule has 12 nitrogen and oxygen atoms in total. The van der Waals surface area contributed by atoms with Gasteiger partial charge >= 0.3 is 5.97 Å². The minimum atomic E-state index is -1.13. The van der Waals surface area contributed by atoms with Gasteiger partial charge in [0, 0.05) is 13.1 Å². The highest BCUT2D eigenvalue weighted by Crippen LogP contribution is 2.21. The van der Waals surface area contributed by atoms with Crippen molar-refractivity contribution in [2.45, 2.75) is 69.1 Å². The fraction of sp³-hybridized carbons (Fsp3) is 0.762. The molecule has 2 heterocycles. The van der Waals surface area contributed by atoms with Crippen LogP contribution in [0.2, 0.25) is 0 Å². The lowest BCUT2D eigenvalue weighted by Crippen LogP contribution is -2.56. The van der Waals surface area contributed by atoms with Crippen LogP contribution in [0, 0.1) is 0 Å². The lowest BCUT2D eigenvalue weighted by molar-refractivity contribution is -0.143. The van der Waals surface area contributed by atoms with Crippen molar-refractivity contribution < 1.29 is 24.3 Å². The number of nitrogens with one attached hydrogen (secondary N) is 3. The fourth-order valence-electron chi connectivity index (χ4n) is 4.20. The standard InChI is InChI=1S/C21H37N7O5S/c1-34-12-8-15(20(32)33)27-17(29)13(5-2-10-25-21(22)23)26-18(30)16-7-4-11-28(16)19(31)14-6-3-9-24-14/h13-16,24H,2-12H2,1H3,(H,26,30)(H,27,29)(H,32,33)(H4,22,23,25). The number of thioether (sulfide) groups is 1. The van der Waals surface area contributed by atoms with Crippen LogP contribution in [0.25, 0.3) is 0 Å². The first kappa shape index (κ1) is 27.7. The first-order chi connectivity index (χ1) is 16.2. The van der Waals surface area contributed by atoms with Crippen LogP contribution >= 0.6 is 11.8 Å². The molecule has 0 saturated carbocycles. The first-order valence-electron chi connectivity index (χ1n) is 11.7. The second kappa shape index (κ2) is 14.0. The molecule has 0 radical (unpaired) electrons. The Balaban J connectivity index is 2.07. The van der Waals surface area contributed by atoms with Crippen LogP contribution in [0.5, 0.6) is 0 Å². The van der Waals surface area contributed by atoms with Gasteiger partial charge in [0.2, 0.25) is 17.7 Å². The van der Waals surface area contributed by atoms with Crippen molar-refractivity contribution >= 4 is 41.4 Å². The van der Waals surface area contributed by atoms with Gasteiger partial charge in [-0.15, -0.1) is 0 Å². The second-order valence-electron chi connectivity index (χ2n) is 8.53. The molecule has 3 amide bonds. The minimum Gasteiger partial charge on any atom is -0.480 e. The molecule has 2 aliphatic rings. The second-order valence-corrected chi connectivity index (χ2v) is 9.52. The molecule has 4 atom stereocenters. The Labute approximate surface area is 204 Å². The summed E-state index contributed by atoms with van der Waals surface area (Å²) in [5.41, 5.74) is 10.7. The molecule has 0 aliphatic carbocycles. The smallest absolute Gasteiger partial charge is 0.326 e. The predicted octanol–water partition coefficient (Wildman–Crippen LogP) is -1.41. The summed E-state index contributed by atoms with van der Waals surface area (Å²) in [6, 6.07) is -2.97. The Bertz CT molecular complexity index is 756. The van der Waals surface area contributed by atoms with Gasteiger partial charge in [-0.2, -0.15) is 11.8 Å². The molecule has 0 aromatic heterocycles. The van der Waals surface area contributed by atoms with Crippen LogP contribution in [-0.4, -0.2) is 95.5 Å². The number of aliphatic imine (C=N–C) groups is 1. The Morgan fingerprint density at radius 2 is 1.91 bits per heavy atom. The summed E-state index contributed by atoms with van der Waals surface area (Å²) in [7, 11) is 0. The molecule has 0 aromatic rings. The molecule has 2 saturated heterocycles. The summed E-state index contributed by atoms with van der Waals surface area (Å²) in [4.78, 5) is 56.0. The van der Waals surface area contributed by atoms with Crippen molar-refractivity contribution in [3.05, 3.63) is 0 Å². The summed E-state index contributed by atoms with van der Waals surface area (Å²) in [6.45, 7) is 1.53. The van der Waals surface area contributed by atoms with Crippen LogP contribution in [0.15, 0.2) is 4.99 Å². The monoisotopic (exact) mass is 499 g/mol. The zero-order chi connectivity index (χ0) is 25.1. The highest BCUT2D eigenvalue weighted by atomic mass is 32.2. The van der Waals surface area contributed by atoms with E-state index in [0.29, 0.717) is 31.6 Å². The van der Waals surface area contributed by atoms with E-state index in [2.05, 4.69) is 20.9 Å². The molecule has 2 fully saturated rings. The number of carboxylic acids is 1. The Kier molecular flexibility index (Phi) is 11.4. The number of rotatable bonds is 13. The fourth-order valence-corrected chi connectivity index (χ4v) is 4.68. The van der Waals surface area contributed by atoms with Gasteiger partial charge in [0.05, 0.1) is 6.04 Å². The molecule has 8 N–H and O–H groups in total. The van der Waals surface area contributed by atoms with Gasteiger partial charge in [-0.3, -0.25) is 19.4 Å². The maximum Gasteiger partial charge on any atom is 0.326 e. The largest absolute Gasteiger partial charge is 0.480 e. The third-order valence-corrected chi connectivity index (χ3v) is 6.64. The van der Waals surface area contributed by atoms with E-state index >= 15 is 0 Å². The normalized spacial score (nSPS) is 21.5. The highest BCUT2D eigenvalue weighted by molar-refractivity contribution is 7.98. The number of hydrogen-bond donors (Lipinski definition) is 6. The zero-order valence-electron chi connectivity index (χ0n) is 19.6. The van der Waals surface area contributed by atoms with Crippen LogP contribution in [-0.2, 0) is 19.2 Å². The number of carbonyl (C=O) groups excluding carboxylic acids is 3. The van der Waals surface area contributed by atoms with E-state index in [0.717, 1.165) is 19.4 Å². The Morgan fingerprint density at radius 1 is 1.15 bits per heavy atom. The molecule has 0 spiro atoms. The van der Waals surface area contributed by atoms with Crippen LogP contribution in [0.3, 0.4) is 0 Å². The van der Waals surface area contributed by atoms with E-state index in [1.807, 2.05) is 6.26 Å². The van der Waals surface area contributed by atoms with Gasteiger partial charge in [-0.05, 0) is 63.5 Å². The molecule has 0 bridgehead atoms. The third-order valence-electron chi connectivity index (χ3n) is 6.00. The number of carboxylic acid groups (broad SMARTS) is 1. The van der Waals surface area contributed by atoms with E-state index in [9.17, 15) is 24.3 Å². The van der Waals surface area contributed by atoms with Gasteiger partial charge in [-0.1, -0.05) is 0 Å². The van der Waals surface area contributed by atoms with Crippen LogP contribution < -0.4 is 27.4 Å². The van der Waals surface area contributed by atoms with Gasteiger partial charge in [0.25, 0.3) is 0 Å². The number of nitrogens with zero attached hydrogens (tertiary/aromatic N) is 2. The van der Waals surface area contributed by atoms with Crippen molar-refractivity contribution in [1.29, 1.82) is 0 Å². The summed E-state index contributed by atoms with van der Waals surface area (Å²) >= 11 is 1.48. The molecule has 192 valence electrons. The van der Waals surface area contributed by atoms with E-state index in [1.165, 1.54) is 11.8 Å². The van der Waals surface area contributed by atoms with Gasteiger partial charge in [-0.25, -0.2) is 4.79 Å². The topological polar surface area (TPSA) is 192 Å². The van der Waals surface area contributed by atoms with E-state index < -0.39 is 35.9 Å². The number of hydrogen-bond acceptors (Lipinski definition) is 7. The number of likely N-dealkylation sites (tertiary alicyclic amines) is 1. The molecule has 13 heteroatoms. The van der Waals surface area contributed by atoms with Crippen LogP contribution in [0.1, 0.15) is 44.9 Å². The lowest BCUT2D eigenvalue weighted by atomic mass is 10.1.